The molecule has 0 radical (unpaired) electrons. The molecule has 2 aromatic rings. The zero-order chi connectivity index (χ0) is 16.8. The number of aromatic nitrogens is 2. The van der Waals surface area contributed by atoms with Crippen LogP contribution in [0.3, 0.4) is 0 Å². The van der Waals surface area contributed by atoms with Crippen molar-refractivity contribution in [3.8, 4) is 11.4 Å². The number of ether oxygens (including phenoxy) is 1. The van der Waals surface area contributed by atoms with Gasteiger partial charge in [-0.1, -0.05) is 6.07 Å². The van der Waals surface area contributed by atoms with E-state index in [9.17, 15) is 0 Å². The number of methoxy groups -OCH3 is 1. The van der Waals surface area contributed by atoms with Crippen molar-refractivity contribution in [2.24, 2.45) is 0 Å². The van der Waals surface area contributed by atoms with Gasteiger partial charge < -0.3 is 14.0 Å². The molecule has 2 heterocycles. The van der Waals surface area contributed by atoms with Crippen LogP contribution in [0.5, 0.6) is 5.75 Å². The van der Waals surface area contributed by atoms with E-state index in [0.717, 1.165) is 22.6 Å². The second-order valence-corrected chi connectivity index (χ2v) is 6.92. The first kappa shape index (κ1) is 16.1. The first-order chi connectivity index (χ1) is 10.7. The summed E-state index contributed by atoms with van der Waals surface area (Å²) in [5.41, 5.74) is 2.05. The summed E-state index contributed by atoms with van der Waals surface area (Å²) in [6, 6.07) is 7.89. The van der Waals surface area contributed by atoms with Crippen LogP contribution in [0.25, 0.3) is 5.69 Å². The number of hydrogen-bond acceptors (Lipinski definition) is 4. The molecule has 6 heteroatoms. The minimum atomic E-state index is -0.441. The van der Waals surface area contributed by atoms with Gasteiger partial charge in [-0.05, 0) is 46.8 Å². The molecule has 0 spiro atoms. The lowest BCUT2D eigenvalue weighted by atomic mass is 9.78. The number of nitrogens with zero attached hydrogens (tertiary/aromatic N) is 2. The molecular formula is C17H23BN2O3. The third-order valence-corrected chi connectivity index (χ3v) is 4.71. The molecule has 5 nitrogen and oxygen atoms in total. The van der Waals surface area contributed by atoms with E-state index in [1.54, 1.807) is 7.11 Å². The van der Waals surface area contributed by atoms with Gasteiger partial charge in [0.15, 0.2) is 0 Å². The quantitative estimate of drug-likeness (QED) is 0.817. The first-order valence-electron chi connectivity index (χ1n) is 7.80. The highest BCUT2D eigenvalue weighted by Gasteiger charge is 2.52. The van der Waals surface area contributed by atoms with Gasteiger partial charge in [-0.15, -0.1) is 0 Å². The molecule has 3 rings (SSSR count). The predicted octanol–water partition coefficient (Wildman–Crippen LogP) is 2.49. The topological polar surface area (TPSA) is 45.5 Å². The molecule has 1 aliphatic rings. The molecule has 0 saturated carbocycles. The molecule has 1 aromatic heterocycles. The van der Waals surface area contributed by atoms with Gasteiger partial charge in [-0.3, -0.25) is 0 Å². The van der Waals surface area contributed by atoms with Gasteiger partial charge in [-0.2, -0.15) is 5.10 Å². The lowest BCUT2D eigenvalue weighted by molar-refractivity contribution is 0.00578. The van der Waals surface area contributed by atoms with Crippen LogP contribution in [-0.2, 0) is 9.31 Å². The van der Waals surface area contributed by atoms with Crippen molar-refractivity contribution in [1.82, 2.24) is 9.78 Å². The second-order valence-electron chi connectivity index (χ2n) is 6.92. The molecule has 23 heavy (non-hydrogen) atoms. The van der Waals surface area contributed by atoms with Crippen LogP contribution in [-0.4, -0.2) is 35.2 Å². The van der Waals surface area contributed by atoms with Gasteiger partial charge in [-0.25, -0.2) is 4.68 Å². The first-order valence-corrected chi connectivity index (χ1v) is 7.80. The summed E-state index contributed by atoms with van der Waals surface area (Å²) >= 11 is 0. The molecule has 0 aliphatic carbocycles. The van der Waals surface area contributed by atoms with Crippen LogP contribution in [0.2, 0.25) is 0 Å². The monoisotopic (exact) mass is 314 g/mol. The Kier molecular flexibility index (Phi) is 3.77. The third kappa shape index (κ3) is 2.77. The fraction of sp³-hybridized carbons (Fsp3) is 0.471. The average Bonchev–Trinajstić information content (AvgIpc) is 3.00. The SMILES string of the molecule is COc1cc(-n2ccc(C)n2)ccc1B1OC(C)(C)C(C)(C)O1. The van der Waals surface area contributed by atoms with Gasteiger partial charge in [0.2, 0.25) is 0 Å². The maximum atomic E-state index is 6.12. The molecular weight excluding hydrogens is 291 g/mol. The zero-order valence-electron chi connectivity index (χ0n) is 14.6. The Morgan fingerprint density at radius 2 is 1.74 bits per heavy atom. The van der Waals surface area contributed by atoms with Crippen molar-refractivity contribution in [3.63, 3.8) is 0 Å². The van der Waals surface area contributed by atoms with E-state index in [2.05, 4.69) is 5.10 Å². The van der Waals surface area contributed by atoms with Crippen molar-refractivity contribution in [2.45, 2.75) is 45.8 Å². The number of benzene rings is 1. The van der Waals surface area contributed by atoms with Crippen molar-refractivity contribution in [2.75, 3.05) is 7.11 Å². The fourth-order valence-electron chi connectivity index (χ4n) is 2.57. The fourth-order valence-corrected chi connectivity index (χ4v) is 2.57. The van der Waals surface area contributed by atoms with Crippen LogP contribution in [0.1, 0.15) is 33.4 Å². The number of rotatable bonds is 3. The summed E-state index contributed by atoms with van der Waals surface area (Å²) in [5, 5.41) is 4.43. The molecule has 122 valence electrons. The third-order valence-electron chi connectivity index (χ3n) is 4.71. The second kappa shape index (κ2) is 5.39. The van der Waals surface area contributed by atoms with Crippen LogP contribution in [0, 0.1) is 6.92 Å². The summed E-state index contributed by atoms with van der Waals surface area (Å²) in [7, 11) is 1.21. The van der Waals surface area contributed by atoms with Crippen molar-refractivity contribution >= 4 is 12.6 Å². The summed E-state index contributed by atoms with van der Waals surface area (Å²) in [5.74, 6) is 0.731. The standard InChI is InChI=1S/C17H23BN2O3/c1-12-9-10-20(19-12)13-7-8-14(15(11-13)21-6)18-22-16(2,3)17(4,5)23-18/h7-11H,1-6H3. The lowest BCUT2D eigenvalue weighted by Crippen LogP contribution is -2.41. The van der Waals surface area contributed by atoms with E-state index in [0.29, 0.717) is 0 Å². The molecule has 1 aromatic carbocycles. The van der Waals surface area contributed by atoms with E-state index in [1.165, 1.54) is 0 Å². The van der Waals surface area contributed by atoms with Crippen LogP contribution >= 0.6 is 0 Å². The molecule has 1 fully saturated rings. The molecule has 0 bridgehead atoms. The van der Waals surface area contributed by atoms with E-state index < -0.39 is 7.12 Å². The summed E-state index contributed by atoms with van der Waals surface area (Å²) in [6.45, 7) is 10.1. The summed E-state index contributed by atoms with van der Waals surface area (Å²) < 4.78 is 19.6. The Bertz CT molecular complexity index is 708. The van der Waals surface area contributed by atoms with Crippen molar-refractivity contribution < 1.29 is 14.0 Å². The molecule has 0 N–H and O–H groups in total. The van der Waals surface area contributed by atoms with Gasteiger partial charge in [0.1, 0.15) is 5.75 Å². The van der Waals surface area contributed by atoms with Gasteiger partial charge >= 0.3 is 7.12 Å². The highest BCUT2D eigenvalue weighted by molar-refractivity contribution is 6.63. The molecule has 0 unspecified atom stereocenters. The van der Waals surface area contributed by atoms with Gasteiger partial charge in [0.25, 0.3) is 0 Å². The highest BCUT2D eigenvalue weighted by atomic mass is 16.7. The Morgan fingerprint density at radius 3 is 2.26 bits per heavy atom. The van der Waals surface area contributed by atoms with Crippen LogP contribution in [0.4, 0.5) is 0 Å². The summed E-state index contributed by atoms with van der Waals surface area (Å²) in [6.07, 6.45) is 1.93. The highest BCUT2D eigenvalue weighted by Crippen LogP contribution is 2.37. The molecule has 1 aliphatic heterocycles. The van der Waals surface area contributed by atoms with E-state index in [-0.39, 0.29) is 11.2 Å². The minimum Gasteiger partial charge on any atom is -0.497 e. The van der Waals surface area contributed by atoms with E-state index in [1.807, 2.05) is 69.8 Å². The molecule has 1 saturated heterocycles. The Hall–Kier alpha value is -1.79. The van der Waals surface area contributed by atoms with Crippen molar-refractivity contribution in [1.29, 1.82) is 0 Å². The van der Waals surface area contributed by atoms with Crippen molar-refractivity contribution in [3.05, 3.63) is 36.2 Å². The minimum absolute atomic E-state index is 0.375. The zero-order valence-corrected chi connectivity index (χ0v) is 14.6. The van der Waals surface area contributed by atoms with Gasteiger partial charge in [0, 0.05) is 17.7 Å². The molecule has 0 amide bonds. The largest absolute Gasteiger partial charge is 0.498 e. The maximum Gasteiger partial charge on any atom is 0.498 e. The number of aryl methyl sites for hydroxylation is 1. The van der Waals surface area contributed by atoms with E-state index >= 15 is 0 Å². The van der Waals surface area contributed by atoms with Crippen LogP contribution in [0.15, 0.2) is 30.5 Å². The predicted molar refractivity (Wildman–Crippen MR) is 90.6 cm³/mol. The summed E-state index contributed by atoms with van der Waals surface area (Å²) in [4.78, 5) is 0. The maximum absolute atomic E-state index is 6.12. The number of hydrogen-bond donors (Lipinski definition) is 0. The Balaban J connectivity index is 1.95. The van der Waals surface area contributed by atoms with E-state index in [4.69, 9.17) is 14.0 Å². The van der Waals surface area contributed by atoms with Crippen LogP contribution < -0.4 is 10.2 Å². The molecule has 0 atom stereocenters. The Labute approximate surface area is 137 Å². The normalized spacial score (nSPS) is 19.1. The lowest BCUT2D eigenvalue weighted by Gasteiger charge is -2.32. The Morgan fingerprint density at radius 1 is 1.09 bits per heavy atom. The smallest absolute Gasteiger partial charge is 0.497 e. The average molecular weight is 314 g/mol. The van der Waals surface area contributed by atoms with Gasteiger partial charge in [0.05, 0.1) is 29.7 Å².